The number of hydrogen-bond acceptors (Lipinski definition) is 6. The van der Waals surface area contributed by atoms with E-state index in [0.29, 0.717) is 28.9 Å². The largest absolute Gasteiger partial charge is 0.496 e. The normalized spacial score (nSPS) is 18.0. The number of rotatable bonds is 10. The number of ether oxygens (including phenoxy) is 2. The minimum atomic E-state index is -4.18. The number of benzene rings is 3. The number of halogens is 3. The highest BCUT2D eigenvalue weighted by Gasteiger charge is 2.50. The molecule has 1 aliphatic heterocycles. The van der Waals surface area contributed by atoms with Crippen LogP contribution in [0.5, 0.6) is 11.5 Å². The Labute approximate surface area is 253 Å². The lowest BCUT2D eigenvalue weighted by molar-refractivity contribution is -0.138. The van der Waals surface area contributed by atoms with Crippen molar-refractivity contribution in [3.05, 3.63) is 76.0 Å². The lowest BCUT2D eigenvalue weighted by Crippen LogP contribution is -2.55. The SMILES string of the molecule is COc1ccc(F)c(OC)c1-c1ccc([C@@H](CC(=O)O)NC(=O)[C@]2(C)CCCN2S(=O)(=O)c2cc(Cl)cc(Cl)c2)cc1. The van der Waals surface area contributed by atoms with Gasteiger partial charge in [-0.25, -0.2) is 12.8 Å². The highest BCUT2D eigenvalue weighted by molar-refractivity contribution is 7.89. The molecule has 3 aromatic rings. The average Bonchev–Trinajstić information content (AvgIpc) is 3.35. The molecule has 0 unspecified atom stereocenters. The van der Waals surface area contributed by atoms with Crippen LogP contribution in [0.4, 0.5) is 4.39 Å². The van der Waals surface area contributed by atoms with Gasteiger partial charge in [0.15, 0.2) is 11.6 Å². The van der Waals surface area contributed by atoms with E-state index in [-0.39, 0.29) is 33.7 Å². The van der Waals surface area contributed by atoms with Crippen LogP contribution in [0.25, 0.3) is 11.1 Å². The summed E-state index contributed by atoms with van der Waals surface area (Å²) >= 11 is 12.1. The number of amides is 1. The van der Waals surface area contributed by atoms with Gasteiger partial charge in [0, 0.05) is 16.6 Å². The molecule has 1 saturated heterocycles. The maximum absolute atomic E-state index is 14.4. The second kappa shape index (κ2) is 12.5. The molecule has 224 valence electrons. The van der Waals surface area contributed by atoms with E-state index in [0.717, 1.165) is 4.31 Å². The highest BCUT2D eigenvalue weighted by atomic mass is 35.5. The molecule has 0 radical (unpaired) electrons. The summed E-state index contributed by atoms with van der Waals surface area (Å²) in [7, 11) is -1.40. The minimum Gasteiger partial charge on any atom is -0.496 e. The Kier molecular flexibility index (Phi) is 9.36. The molecule has 0 bridgehead atoms. The van der Waals surface area contributed by atoms with Crippen LogP contribution in [0, 0.1) is 5.82 Å². The van der Waals surface area contributed by atoms with Crippen LogP contribution in [0.2, 0.25) is 10.0 Å². The molecule has 13 heteroatoms. The molecule has 9 nitrogen and oxygen atoms in total. The van der Waals surface area contributed by atoms with Crippen LogP contribution in [-0.2, 0) is 19.6 Å². The summed E-state index contributed by atoms with van der Waals surface area (Å²) in [5.74, 6) is -2.06. The summed E-state index contributed by atoms with van der Waals surface area (Å²) in [5.41, 5.74) is -0.160. The van der Waals surface area contributed by atoms with Gasteiger partial charge in [-0.2, -0.15) is 4.31 Å². The van der Waals surface area contributed by atoms with Gasteiger partial charge in [0.05, 0.1) is 37.1 Å². The Balaban J connectivity index is 1.65. The van der Waals surface area contributed by atoms with Gasteiger partial charge in [0.25, 0.3) is 0 Å². The zero-order valence-corrected chi connectivity index (χ0v) is 25.3. The smallest absolute Gasteiger partial charge is 0.305 e. The van der Waals surface area contributed by atoms with Gasteiger partial charge in [-0.15, -0.1) is 0 Å². The van der Waals surface area contributed by atoms with Crippen LogP contribution in [0.3, 0.4) is 0 Å². The molecule has 4 rings (SSSR count). The number of carbonyl (C=O) groups excluding carboxylic acids is 1. The van der Waals surface area contributed by atoms with Crippen molar-refractivity contribution in [3.8, 4) is 22.6 Å². The van der Waals surface area contributed by atoms with E-state index >= 15 is 0 Å². The number of carboxylic acids is 1. The van der Waals surface area contributed by atoms with E-state index in [1.165, 1.54) is 51.5 Å². The van der Waals surface area contributed by atoms with Crippen LogP contribution >= 0.6 is 23.2 Å². The number of carbonyl (C=O) groups is 2. The van der Waals surface area contributed by atoms with E-state index in [1.807, 2.05) is 0 Å². The molecular formula is C29H29Cl2FN2O7S. The summed E-state index contributed by atoms with van der Waals surface area (Å²) in [6.45, 7) is 1.58. The lowest BCUT2D eigenvalue weighted by Gasteiger charge is -2.34. The first kappa shape index (κ1) is 31.6. The molecule has 42 heavy (non-hydrogen) atoms. The number of methoxy groups -OCH3 is 2. The standard InChI is InChI=1S/C29H29Cl2FN2O7S/c1-29(11-4-12-34(29)42(38,39)21-14-19(30)13-20(31)15-21)28(37)33-23(16-25(35)36)17-5-7-18(8-6-17)26-24(40-2)10-9-22(32)27(26)41-3/h5-10,13-15,23H,4,11-12,16H2,1-3H3,(H,33,37)(H,35,36)/t23-,29+/m1/s1. The Hall–Kier alpha value is -3.38. The summed E-state index contributed by atoms with van der Waals surface area (Å²) in [5, 5.41) is 12.6. The third kappa shape index (κ3) is 6.19. The topological polar surface area (TPSA) is 122 Å². The van der Waals surface area contributed by atoms with E-state index in [1.54, 1.807) is 24.3 Å². The molecule has 2 atom stereocenters. The highest BCUT2D eigenvalue weighted by Crippen LogP contribution is 2.41. The van der Waals surface area contributed by atoms with Crippen molar-refractivity contribution < 1.29 is 37.0 Å². The maximum Gasteiger partial charge on any atom is 0.305 e. The maximum atomic E-state index is 14.4. The summed E-state index contributed by atoms with van der Waals surface area (Å²) in [6, 6.07) is 12.1. The van der Waals surface area contributed by atoms with Crippen molar-refractivity contribution in [2.45, 2.75) is 42.7 Å². The molecule has 0 saturated carbocycles. The second-order valence-corrected chi connectivity index (χ2v) is 12.7. The Morgan fingerprint density at radius 2 is 1.71 bits per heavy atom. The van der Waals surface area contributed by atoms with Crippen LogP contribution in [0.1, 0.15) is 37.8 Å². The van der Waals surface area contributed by atoms with Crippen molar-refractivity contribution in [3.63, 3.8) is 0 Å². The van der Waals surface area contributed by atoms with Gasteiger partial charge in [-0.05, 0) is 61.2 Å². The molecule has 1 fully saturated rings. The van der Waals surface area contributed by atoms with Gasteiger partial charge in [-0.3, -0.25) is 9.59 Å². The Morgan fingerprint density at radius 3 is 2.29 bits per heavy atom. The van der Waals surface area contributed by atoms with Gasteiger partial charge in [0.2, 0.25) is 15.9 Å². The third-order valence-electron chi connectivity index (χ3n) is 7.27. The first-order chi connectivity index (χ1) is 19.8. The Bertz CT molecular complexity index is 1600. The summed E-state index contributed by atoms with van der Waals surface area (Å²) in [4.78, 5) is 25.3. The fourth-order valence-electron chi connectivity index (χ4n) is 5.16. The molecular weight excluding hydrogens is 610 g/mol. The second-order valence-electron chi connectivity index (χ2n) is 9.96. The molecule has 0 aliphatic carbocycles. The van der Waals surface area contributed by atoms with Crippen molar-refractivity contribution in [1.82, 2.24) is 9.62 Å². The average molecular weight is 640 g/mol. The molecule has 1 heterocycles. The number of nitrogens with zero attached hydrogens (tertiary/aromatic N) is 1. The van der Waals surface area contributed by atoms with Crippen LogP contribution in [0.15, 0.2) is 59.5 Å². The first-order valence-corrected chi connectivity index (χ1v) is 15.0. The molecule has 1 amide bonds. The van der Waals surface area contributed by atoms with Gasteiger partial charge < -0.3 is 19.9 Å². The van der Waals surface area contributed by atoms with Crippen molar-refractivity contribution in [2.24, 2.45) is 0 Å². The van der Waals surface area contributed by atoms with E-state index in [2.05, 4.69) is 5.32 Å². The molecule has 3 aromatic carbocycles. The molecule has 2 N–H and O–H groups in total. The van der Waals surface area contributed by atoms with Crippen molar-refractivity contribution in [1.29, 1.82) is 0 Å². The zero-order valence-electron chi connectivity index (χ0n) is 23.0. The predicted octanol–water partition coefficient (Wildman–Crippen LogP) is 5.69. The quantitative estimate of drug-likeness (QED) is 0.292. The summed E-state index contributed by atoms with van der Waals surface area (Å²) in [6.07, 6.45) is 0.154. The molecule has 0 spiro atoms. The first-order valence-electron chi connectivity index (χ1n) is 12.8. The Morgan fingerprint density at radius 1 is 1.07 bits per heavy atom. The van der Waals surface area contributed by atoms with E-state index < -0.39 is 45.7 Å². The third-order valence-corrected chi connectivity index (χ3v) is 9.70. The number of sulfonamides is 1. The van der Waals surface area contributed by atoms with E-state index in [4.69, 9.17) is 32.7 Å². The molecule has 1 aliphatic rings. The number of carboxylic acid groups (broad SMARTS) is 1. The van der Waals surface area contributed by atoms with E-state index in [9.17, 15) is 27.5 Å². The van der Waals surface area contributed by atoms with Crippen molar-refractivity contribution >= 4 is 45.1 Å². The monoisotopic (exact) mass is 638 g/mol. The minimum absolute atomic E-state index is 0.0195. The summed E-state index contributed by atoms with van der Waals surface area (Å²) < 4.78 is 53.3. The van der Waals surface area contributed by atoms with Gasteiger partial charge >= 0.3 is 5.97 Å². The molecule has 0 aromatic heterocycles. The lowest BCUT2D eigenvalue weighted by atomic mass is 9.95. The fourth-order valence-corrected chi connectivity index (χ4v) is 7.70. The van der Waals surface area contributed by atoms with Crippen LogP contribution < -0.4 is 14.8 Å². The van der Waals surface area contributed by atoms with Crippen LogP contribution in [-0.4, -0.2) is 56.0 Å². The fraction of sp³-hybridized carbons (Fsp3) is 0.310. The van der Waals surface area contributed by atoms with Gasteiger partial charge in [0.1, 0.15) is 11.3 Å². The number of aliphatic carboxylic acids is 1. The number of nitrogens with one attached hydrogen (secondary N) is 1. The number of hydrogen-bond donors (Lipinski definition) is 2. The van der Waals surface area contributed by atoms with Gasteiger partial charge in [-0.1, -0.05) is 47.5 Å². The van der Waals surface area contributed by atoms with Crippen molar-refractivity contribution in [2.75, 3.05) is 20.8 Å². The predicted molar refractivity (Wildman–Crippen MR) is 156 cm³/mol. The zero-order chi connectivity index (χ0) is 30.8.